The Kier molecular flexibility index (Phi) is 8.25. The van der Waals surface area contributed by atoms with E-state index in [0.29, 0.717) is 48.0 Å². The first kappa shape index (κ1) is 22.6. The minimum absolute atomic E-state index is 0.0651. The van der Waals surface area contributed by atoms with Gasteiger partial charge in [0.05, 0.1) is 29.5 Å². The summed E-state index contributed by atoms with van der Waals surface area (Å²) >= 11 is 1.11. The van der Waals surface area contributed by atoms with Crippen molar-refractivity contribution in [2.75, 3.05) is 19.0 Å². The molecule has 0 unspecified atom stereocenters. The van der Waals surface area contributed by atoms with Crippen molar-refractivity contribution in [1.29, 1.82) is 0 Å². The van der Waals surface area contributed by atoms with Crippen LogP contribution in [0.4, 0.5) is 4.79 Å². The molecule has 3 rings (SSSR count). The molecule has 3 aromatic rings. The third kappa shape index (κ3) is 6.43. The molecule has 0 saturated carbocycles. The third-order valence-corrected chi connectivity index (χ3v) is 5.27. The third-order valence-electron chi connectivity index (χ3n) is 4.29. The molecule has 0 saturated heterocycles. The van der Waals surface area contributed by atoms with E-state index >= 15 is 0 Å². The highest BCUT2D eigenvalue weighted by Gasteiger charge is 2.14. The van der Waals surface area contributed by atoms with Gasteiger partial charge in [-0.25, -0.2) is 9.78 Å². The number of imide groups is 1. The number of nitrogens with zero attached hydrogens (tertiary/aromatic N) is 2. The predicted octanol–water partition coefficient (Wildman–Crippen LogP) is 2.53. The molecule has 0 aliphatic carbocycles. The Morgan fingerprint density at radius 2 is 2.06 bits per heavy atom. The molecule has 0 fully saturated rings. The molecule has 0 aliphatic rings. The highest BCUT2D eigenvalue weighted by atomic mass is 32.2. The number of benzene rings is 1. The van der Waals surface area contributed by atoms with Crippen LogP contribution in [0.25, 0.3) is 10.9 Å². The van der Waals surface area contributed by atoms with Crippen LogP contribution >= 0.6 is 11.8 Å². The molecular formula is C21H24N4O5S. The lowest BCUT2D eigenvalue weighted by atomic mass is 10.2. The maximum absolute atomic E-state index is 12.9. The molecule has 2 N–H and O–H groups in total. The lowest BCUT2D eigenvalue weighted by molar-refractivity contribution is -0.117. The molecule has 0 aliphatic heterocycles. The van der Waals surface area contributed by atoms with Crippen LogP contribution in [0.5, 0.6) is 0 Å². The molecule has 9 nitrogen and oxygen atoms in total. The normalized spacial score (nSPS) is 10.9. The summed E-state index contributed by atoms with van der Waals surface area (Å²) in [6.45, 7) is 3.63. The molecule has 10 heteroatoms. The molecule has 0 atom stereocenters. The fourth-order valence-corrected chi connectivity index (χ4v) is 3.67. The highest BCUT2D eigenvalue weighted by Crippen LogP contribution is 2.18. The summed E-state index contributed by atoms with van der Waals surface area (Å²) in [6.07, 6.45) is 2.14. The summed E-state index contributed by atoms with van der Waals surface area (Å²) in [6, 6.07) is 9.88. The average molecular weight is 445 g/mol. The van der Waals surface area contributed by atoms with Crippen molar-refractivity contribution in [3.63, 3.8) is 0 Å². The molecular weight excluding hydrogens is 420 g/mol. The molecule has 2 heterocycles. The van der Waals surface area contributed by atoms with Crippen LogP contribution in [0, 0.1) is 0 Å². The second kappa shape index (κ2) is 11.3. The van der Waals surface area contributed by atoms with Crippen molar-refractivity contribution < 1.29 is 18.7 Å². The van der Waals surface area contributed by atoms with Crippen LogP contribution in [-0.2, 0) is 22.6 Å². The summed E-state index contributed by atoms with van der Waals surface area (Å²) in [4.78, 5) is 41.6. The van der Waals surface area contributed by atoms with E-state index in [0.717, 1.165) is 11.8 Å². The number of para-hydroxylation sites is 1. The number of hydrogen-bond acceptors (Lipinski definition) is 7. The fourth-order valence-electron chi connectivity index (χ4n) is 2.84. The Labute approximate surface area is 183 Å². The summed E-state index contributed by atoms with van der Waals surface area (Å²) < 4.78 is 12.0. The quantitative estimate of drug-likeness (QED) is 0.280. The van der Waals surface area contributed by atoms with Gasteiger partial charge in [0.1, 0.15) is 5.76 Å². The van der Waals surface area contributed by atoms with Gasteiger partial charge < -0.3 is 14.5 Å². The molecule has 0 bridgehead atoms. The van der Waals surface area contributed by atoms with E-state index in [1.165, 1.54) is 6.26 Å². The lowest BCUT2D eigenvalue weighted by Crippen LogP contribution is -2.40. The maximum atomic E-state index is 12.9. The van der Waals surface area contributed by atoms with Gasteiger partial charge in [-0.3, -0.25) is 19.5 Å². The number of hydrogen-bond donors (Lipinski definition) is 2. The largest absolute Gasteiger partial charge is 0.467 e. The zero-order chi connectivity index (χ0) is 22.1. The number of carbonyl (C=O) groups excluding carboxylic acids is 2. The van der Waals surface area contributed by atoms with E-state index in [1.54, 1.807) is 41.0 Å². The van der Waals surface area contributed by atoms with E-state index in [-0.39, 0.29) is 17.9 Å². The Hall–Kier alpha value is -3.11. The number of ether oxygens (including phenoxy) is 1. The fraction of sp³-hybridized carbons (Fsp3) is 0.333. The number of carbonyl (C=O) groups is 2. The van der Waals surface area contributed by atoms with Crippen LogP contribution in [-0.4, -0.2) is 40.5 Å². The van der Waals surface area contributed by atoms with Gasteiger partial charge in [-0.15, -0.1) is 0 Å². The summed E-state index contributed by atoms with van der Waals surface area (Å²) in [7, 11) is 0. The number of aromatic nitrogens is 2. The van der Waals surface area contributed by atoms with Crippen molar-refractivity contribution in [1.82, 2.24) is 20.2 Å². The van der Waals surface area contributed by atoms with Crippen LogP contribution in [0.15, 0.2) is 57.0 Å². The Morgan fingerprint density at radius 3 is 2.84 bits per heavy atom. The molecule has 0 spiro atoms. The van der Waals surface area contributed by atoms with Gasteiger partial charge in [-0.2, -0.15) is 0 Å². The number of furan rings is 1. The first-order valence-corrected chi connectivity index (χ1v) is 10.9. The van der Waals surface area contributed by atoms with Gasteiger partial charge >= 0.3 is 6.03 Å². The second-order valence-electron chi connectivity index (χ2n) is 6.52. The van der Waals surface area contributed by atoms with E-state index in [1.807, 2.05) is 6.92 Å². The van der Waals surface area contributed by atoms with E-state index in [4.69, 9.17) is 9.15 Å². The SMILES string of the molecule is CCOCCCn1c(SCC(=O)NC(=O)NCc2ccco2)nc2ccccc2c1=O. The summed E-state index contributed by atoms with van der Waals surface area (Å²) in [5.41, 5.74) is 0.397. The monoisotopic (exact) mass is 444 g/mol. The minimum Gasteiger partial charge on any atom is -0.467 e. The molecule has 0 radical (unpaired) electrons. The number of fused-ring (bicyclic) bond motifs is 1. The molecule has 164 valence electrons. The summed E-state index contributed by atoms with van der Waals surface area (Å²) in [5, 5.41) is 5.74. The summed E-state index contributed by atoms with van der Waals surface area (Å²) in [5.74, 6) is 0.0170. The zero-order valence-corrected chi connectivity index (χ0v) is 17.9. The van der Waals surface area contributed by atoms with Gasteiger partial charge in [0.25, 0.3) is 5.56 Å². The number of nitrogens with one attached hydrogen (secondary N) is 2. The number of rotatable bonds is 10. The predicted molar refractivity (Wildman–Crippen MR) is 117 cm³/mol. The second-order valence-corrected chi connectivity index (χ2v) is 7.46. The first-order chi connectivity index (χ1) is 15.1. The van der Waals surface area contributed by atoms with Crippen molar-refractivity contribution in [2.45, 2.75) is 31.6 Å². The standard InChI is InChI=1S/C21H24N4O5S/c1-2-29-11-6-10-25-19(27)16-8-3-4-9-17(16)23-21(25)31-14-18(26)24-20(28)22-13-15-7-5-12-30-15/h3-5,7-9,12H,2,6,10-11,13-14H2,1H3,(H2,22,24,26,28). The van der Waals surface area contributed by atoms with Crippen molar-refractivity contribution in [2.24, 2.45) is 0 Å². The van der Waals surface area contributed by atoms with Crippen LogP contribution in [0.3, 0.4) is 0 Å². The van der Waals surface area contributed by atoms with E-state index < -0.39 is 11.9 Å². The Bertz CT molecular complexity index is 1080. The molecule has 31 heavy (non-hydrogen) atoms. The van der Waals surface area contributed by atoms with Gasteiger partial charge in [0, 0.05) is 19.8 Å². The minimum atomic E-state index is -0.623. The van der Waals surface area contributed by atoms with Gasteiger partial charge in [0.2, 0.25) is 5.91 Å². The topological polar surface area (TPSA) is 115 Å². The first-order valence-electron chi connectivity index (χ1n) is 9.88. The van der Waals surface area contributed by atoms with E-state index in [2.05, 4.69) is 15.6 Å². The maximum Gasteiger partial charge on any atom is 0.321 e. The highest BCUT2D eigenvalue weighted by molar-refractivity contribution is 7.99. The number of amides is 3. The lowest BCUT2D eigenvalue weighted by Gasteiger charge is -2.13. The molecule has 3 amide bonds. The smallest absolute Gasteiger partial charge is 0.321 e. The van der Waals surface area contributed by atoms with Crippen molar-refractivity contribution in [3.8, 4) is 0 Å². The van der Waals surface area contributed by atoms with Crippen LogP contribution in [0.2, 0.25) is 0 Å². The van der Waals surface area contributed by atoms with Gasteiger partial charge in [0.15, 0.2) is 5.16 Å². The Morgan fingerprint density at radius 1 is 1.23 bits per heavy atom. The van der Waals surface area contributed by atoms with Crippen LogP contribution in [0.1, 0.15) is 19.1 Å². The van der Waals surface area contributed by atoms with Gasteiger partial charge in [-0.1, -0.05) is 23.9 Å². The Balaban J connectivity index is 1.64. The molecule has 1 aromatic carbocycles. The average Bonchev–Trinajstić information content (AvgIpc) is 3.29. The zero-order valence-electron chi connectivity index (χ0n) is 17.1. The van der Waals surface area contributed by atoms with Crippen LogP contribution < -0.4 is 16.2 Å². The van der Waals surface area contributed by atoms with E-state index in [9.17, 15) is 14.4 Å². The number of urea groups is 1. The van der Waals surface area contributed by atoms with Gasteiger partial charge in [-0.05, 0) is 37.6 Å². The number of thioether (sulfide) groups is 1. The molecule has 2 aromatic heterocycles. The van der Waals surface area contributed by atoms with Crippen molar-refractivity contribution in [3.05, 3.63) is 58.8 Å². The van der Waals surface area contributed by atoms with Crippen molar-refractivity contribution >= 4 is 34.6 Å².